The minimum atomic E-state index is -2.40. The van der Waals surface area contributed by atoms with Crippen LogP contribution in [0.2, 0.25) is 0 Å². The van der Waals surface area contributed by atoms with E-state index in [-0.39, 0.29) is 0 Å². The third-order valence-electron chi connectivity index (χ3n) is 0.662. The van der Waals surface area contributed by atoms with Crippen LogP contribution in [0.25, 0.3) is 0 Å². The molecule has 0 fully saturated rings. The molecule has 2 N–H and O–H groups in total. The fraction of sp³-hybridized carbons (Fsp3) is 0.500. The Bertz CT molecular complexity index is 183. The first-order valence-electron chi connectivity index (χ1n) is 2.20. The Kier molecular flexibility index (Phi) is 3.17. The molecule has 0 aliphatic rings. The SMILES string of the molecule is O=C=NC(O)(CO)N=C=O. The van der Waals surface area contributed by atoms with Crippen molar-refractivity contribution in [2.75, 3.05) is 6.61 Å². The molecule has 0 saturated heterocycles. The summed E-state index contributed by atoms with van der Waals surface area (Å²) in [6.07, 6.45) is 1.87. The second-order valence-corrected chi connectivity index (χ2v) is 1.34. The highest BCUT2D eigenvalue weighted by molar-refractivity contribution is 5.37. The summed E-state index contributed by atoms with van der Waals surface area (Å²) in [6.45, 7) is -0.961. The maximum Gasteiger partial charge on any atom is 0.299 e. The van der Waals surface area contributed by atoms with E-state index < -0.39 is 12.5 Å². The Morgan fingerprint density at radius 1 is 1.30 bits per heavy atom. The van der Waals surface area contributed by atoms with Gasteiger partial charge in [0.15, 0.2) is 0 Å². The summed E-state index contributed by atoms with van der Waals surface area (Å²) in [4.78, 5) is 24.3. The van der Waals surface area contributed by atoms with Gasteiger partial charge >= 0.3 is 0 Å². The highest BCUT2D eigenvalue weighted by atomic mass is 16.4. The van der Waals surface area contributed by atoms with Crippen LogP contribution in [0.1, 0.15) is 0 Å². The number of hydrogen-bond donors (Lipinski definition) is 2. The monoisotopic (exact) mass is 144 g/mol. The van der Waals surface area contributed by atoms with Gasteiger partial charge in [-0.25, -0.2) is 9.59 Å². The molecule has 0 unspecified atom stereocenters. The lowest BCUT2D eigenvalue weighted by Crippen LogP contribution is -2.27. The zero-order valence-electron chi connectivity index (χ0n) is 4.81. The molecule has 0 aliphatic heterocycles. The van der Waals surface area contributed by atoms with E-state index in [1.54, 1.807) is 0 Å². The van der Waals surface area contributed by atoms with Gasteiger partial charge in [0, 0.05) is 0 Å². The van der Waals surface area contributed by atoms with Crippen molar-refractivity contribution in [1.29, 1.82) is 0 Å². The predicted molar refractivity (Wildman–Crippen MR) is 28.3 cm³/mol. The number of carbonyl (C=O) groups excluding carboxylic acids is 2. The number of aliphatic hydroxyl groups is 2. The Balaban J connectivity index is 4.52. The minimum Gasteiger partial charge on any atom is -0.389 e. The Morgan fingerprint density at radius 2 is 1.70 bits per heavy atom. The number of nitrogens with zero attached hydrogens (tertiary/aromatic N) is 2. The van der Waals surface area contributed by atoms with Crippen LogP contribution >= 0.6 is 0 Å². The summed E-state index contributed by atoms with van der Waals surface area (Å²) < 4.78 is 0. The first-order valence-corrected chi connectivity index (χ1v) is 2.20. The van der Waals surface area contributed by atoms with Gasteiger partial charge in [0.1, 0.15) is 6.61 Å². The van der Waals surface area contributed by atoms with Crippen LogP contribution in [0.5, 0.6) is 0 Å². The molecule has 0 atom stereocenters. The smallest absolute Gasteiger partial charge is 0.299 e. The lowest BCUT2D eigenvalue weighted by molar-refractivity contribution is 0.00143. The molecule has 0 aromatic carbocycles. The van der Waals surface area contributed by atoms with Gasteiger partial charge < -0.3 is 10.2 Å². The van der Waals surface area contributed by atoms with Crippen molar-refractivity contribution in [3.63, 3.8) is 0 Å². The molecular weight excluding hydrogens is 140 g/mol. The first-order chi connectivity index (χ1) is 4.68. The van der Waals surface area contributed by atoms with Gasteiger partial charge in [0.2, 0.25) is 12.2 Å². The van der Waals surface area contributed by atoms with Crippen molar-refractivity contribution in [1.82, 2.24) is 0 Å². The Labute approximate surface area is 55.5 Å². The Hall–Kier alpha value is -1.32. The van der Waals surface area contributed by atoms with E-state index in [1.807, 2.05) is 0 Å². The van der Waals surface area contributed by atoms with Gasteiger partial charge in [-0.05, 0) is 0 Å². The quantitative estimate of drug-likeness (QED) is 0.364. The molecule has 0 radical (unpaired) electrons. The second-order valence-electron chi connectivity index (χ2n) is 1.34. The molecule has 0 rings (SSSR count). The van der Waals surface area contributed by atoms with Gasteiger partial charge in [0.05, 0.1) is 0 Å². The normalized spacial score (nSPS) is 14.2. The van der Waals surface area contributed by atoms with Crippen LogP contribution in [-0.4, -0.2) is 34.8 Å². The maximum atomic E-state index is 9.50. The summed E-state index contributed by atoms with van der Waals surface area (Å²) in [5, 5.41) is 17.0. The lowest BCUT2D eigenvalue weighted by Gasteiger charge is -2.08. The molecule has 0 saturated carbocycles. The van der Waals surface area contributed by atoms with Crippen molar-refractivity contribution in [3.05, 3.63) is 0 Å². The van der Waals surface area contributed by atoms with E-state index in [4.69, 9.17) is 10.2 Å². The number of hydrogen-bond acceptors (Lipinski definition) is 6. The van der Waals surface area contributed by atoms with Crippen LogP contribution in [0.4, 0.5) is 0 Å². The first kappa shape index (κ1) is 8.68. The average molecular weight is 144 g/mol. The number of isocyanates is 2. The summed E-state index contributed by atoms with van der Waals surface area (Å²) in [5.41, 5.74) is 0. The van der Waals surface area contributed by atoms with Gasteiger partial charge in [-0.1, -0.05) is 0 Å². The van der Waals surface area contributed by atoms with Crippen molar-refractivity contribution in [3.8, 4) is 0 Å². The summed E-state index contributed by atoms with van der Waals surface area (Å²) in [6, 6.07) is 0. The topological polar surface area (TPSA) is 99.3 Å². The van der Waals surface area contributed by atoms with E-state index in [1.165, 1.54) is 0 Å². The highest BCUT2D eigenvalue weighted by Crippen LogP contribution is 2.03. The fourth-order valence-corrected chi connectivity index (χ4v) is 0.242. The van der Waals surface area contributed by atoms with Gasteiger partial charge in [0.25, 0.3) is 5.85 Å². The second kappa shape index (κ2) is 3.66. The third kappa shape index (κ3) is 2.30. The molecule has 0 heterocycles. The van der Waals surface area contributed by atoms with E-state index in [2.05, 4.69) is 9.98 Å². The summed E-state index contributed by atoms with van der Waals surface area (Å²) in [7, 11) is 0. The molecule has 0 aromatic heterocycles. The molecule has 54 valence electrons. The van der Waals surface area contributed by atoms with Gasteiger partial charge in [-0.3, -0.25) is 0 Å². The standard InChI is InChI=1S/C4H4N2O4/c7-1-4(10,5-2-8)6-3-9/h7,10H,1H2. The summed E-state index contributed by atoms with van der Waals surface area (Å²) in [5.74, 6) is -2.40. The molecular formula is C4H4N2O4. The van der Waals surface area contributed by atoms with E-state index >= 15 is 0 Å². The summed E-state index contributed by atoms with van der Waals surface area (Å²) >= 11 is 0. The highest BCUT2D eigenvalue weighted by Gasteiger charge is 2.23. The van der Waals surface area contributed by atoms with Gasteiger partial charge in [-0.15, -0.1) is 9.98 Å². The van der Waals surface area contributed by atoms with Crippen LogP contribution in [-0.2, 0) is 9.59 Å². The van der Waals surface area contributed by atoms with E-state index in [9.17, 15) is 9.59 Å². The molecule has 0 aromatic rings. The van der Waals surface area contributed by atoms with Gasteiger partial charge in [-0.2, -0.15) is 0 Å². The largest absolute Gasteiger partial charge is 0.389 e. The minimum absolute atomic E-state index is 0.936. The fourth-order valence-electron chi connectivity index (χ4n) is 0.242. The molecule has 10 heavy (non-hydrogen) atoms. The van der Waals surface area contributed by atoms with Crippen molar-refractivity contribution in [2.24, 2.45) is 9.98 Å². The van der Waals surface area contributed by atoms with E-state index in [0.29, 0.717) is 0 Å². The number of aliphatic imine (C=N–C) groups is 2. The van der Waals surface area contributed by atoms with Crippen LogP contribution < -0.4 is 0 Å². The van der Waals surface area contributed by atoms with E-state index in [0.717, 1.165) is 12.2 Å². The number of rotatable bonds is 3. The van der Waals surface area contributed by atoms with Crippen LogP contribution in [0, 0.1) is 0 Å². The zero-order valence-corrected chi connectivity index (χ0v) is 4.81. The average Bonchev–Trinajstić information content (AvgIpc) is 1.89. The number of aliphatic hydroxyl groups excluding tert-OH is 1. The molecule has 0 bridgehead atoms. The molecule has 0 aliphatic carbocycles. The Morgan fingerprint density at radius 3 is 1.90 bits per heavy atom. The van der Waals surface area contributed by atoms with Crippen molar-refractivity contribution in [2.45, 2.75) is 5.85 Å². The molecule has 6 heteroatoms. The molecule has 0 amide bonds. The molecule has 0 spiro atoms. The van der Waals surface area contributed by atoms with Crippen molar-refractivity contribution < 1.29 is 19.8 Å². The third-order valence-corrected chi connectivity index (χ3v) is 0.662. The predicted octanol–water partition coefficient (Wildman–Crippen LogP) is -1.70. The maximum absolute atomic E-state index is 9.50. The van der Waals surface area contributed by atoms with Crippen LogP contribution in [0.3, 0.4) is 0 Å². The lowest BCUT2D eigenvalue weighted by atomic mass is 10.5. The zero-order chi connectivity index (χ0) is 8.04. The molecule has 6 nitrogen and oxygen atoms in total. The van der Waals surface area contributed by atoms with Crippen LogP contribution in [0.15, 0.2) is 9.98 Å². The van der Waals surface area contributed by atoms with Crippen molar-refractivity contribution >= 4 is 12.2 Å².